The first kappa shape index (κ1) is 7.76. The molecule has 0 heterocycles. The van der Waals surface area contributed by atoms with Gasteiger partial charge in [0.1, 0.15) is 0 Å². The van der Waals surface area contributed by atoms with Crippen LogP contribution in [0.15, 0.2) is 4.99 Å². The fourth-order valence-electron chi connectivity index (χ4n) is 0.299. The van der Waals surface area contributed by atoms with Crippen molar-refractivity contribution in [3.63, 3.8) is 0 Å². The van der Waals surface area contributed by atoms with E-state index in [2.05, 4.69) is 4.99 Å². The van der Waals surface area contributed by atoms with Crippen LogP contribution < -0.4 is 5.73 Å². The van der Waals surface area contributed by atoms with E-state index >= 15 is 0 Å². The first-order chi connectivity index (χ1) is 4.22. The molecule has 9 heavy (non-hydrogen) atoms. The molecule has 0 aliphatic carbocycles. The number of rotatable bonds is 1. The van der Waals surface area contributed by atoms with Crippen molar-refractivity contribution in [1.29, 1.82) is 5.26 Å². The zero-order chi connectivity index (χ0) is 7.28. The third kappa shape index (κ3) is 2.54. The highest BCUT2D eigenvalue weighted by Gasteiger charge is 1.94. The molecule has 4 heteroatoms. The van der Waals surface area contributed by atoms with Crippen LogP contribution in [-0.2, 0) is 0 Å². The lowest BCUT2D eigenvalue weighted by molar-refractivity contribution is 0.529. The molecule has 0 amide bonds. The van der Waals surface area contributed by atoms with Gasteiger partial charge in [0.25, 0.3) is 0 Å². The van der Waals surface area contributed by atoms with Gasteiger partial charge in [-0.2, -0.15) is 5.26 Å². The summed E-state index contributed by atoms with van der Waals surface area (Å²) in [5, 5.41) is 8.04. The molecule has 50 valence electrons. The van der Waals surface area contributed by atoms with Gasteiger partial charge in [-0.25, -0.2) is 0 Å². The fourth-order valence-corrected chi connectivity index (χ4v) is 0.299. The lowest BCUT2D eigenvalue weighted by atomic mass is 10.6. The highest BCUT2D eigenvalue weighted by molar-refractivity contribution is 5.78. The van der Waals surface area contributed by atoms with E-state index in [0.717, 1.165) is 6.54 Å². The van der Waals surface area contributed by atoms with Crippen LogP contribution in [-0.4, -0.2) is 24.5 Å². The van der Waals surface area contributed by atoms with Gasteiger partial charge in [-0.05, 0) is 6.92 Å². The minimum absolute atomic E-state index is 0.264. The molecule has 0 rings (SSSR count). The van der Waals surface area contributed by atoms with Crippen molar-refractivity contribution in [2.75, 3.05) is 13.6 Å². The molecule has 0 aliphatic heterocycles. The Hall–Kier alpha value is -1.24. The average Bonchev–Trinajstić information content (AvgIpc) is 1.87. The van der Waals surface area contributed by atoms with E-state index in [0.29, 0.717) is 0 Å². The van der Waals surface area contributed by atoms with Gasteiger partial charge in [-0.1, -0.05) is 0 Å². The number of nitriles is 1. The molecule has 0 unspecified atom stereocenters. The van der Waals surface area contributed by atoms with Crippen LogP contribution in [0, 0.1) is 11.5 Å². The monoisotopic (exact) mass is 126 g/mol. The number of hydrogen-bond donors (Lipinski definition) is 1. The number of guanidine groups is 1. The first-order valence-electron chi connectivity index (χ1n) is 2.65. The second-order valence-corrected chi connectivity index (χ2v) is 1.58. The Labute approximate surface area is 54.6 Å². The van der Waals surface area contributed by atoms with E-state index in [1.165, 1.54) is 0 Å². The van der Waals surface area contributed by atoms with E-state index in [1.807, 2.05) is 6.92 Å². The van der Waals surface area contributed by atoms with Crippen molar-refractivity contribution < 1.29 is 0 Å². The van der Waals surface area contributed by atoms with Crippen LogP contribution in [0.1, 0.15) is 6.92 Å². The molecule has 0 saturated carbocycles. The molecule has 0 fully saturated rings. The van der Waals surface area contributed by atoms with E-state index in [-0.39, 0.29) is 5.96 Å². The van der Waals surface area contributed by atoms with Gasteiger partial charge >= 0.3 is 0 Å². The molecule has 0 radical (unpaired) electrons. The second-order valence-electron chi connectivity index (χ2n) is 1.58. The summed E-state index contributed by atoms with van der Waals surface area (Å²) < 4.78 is 0. The van der Waals surface area contributed by atoms with Crippen LogP contribution >= 0.6 is 0 Å². The van der Waals surface area contributed by atoms with E-state index in [1.54, 1.807) is 18.1 Å². The molecule has 0 saturated heterocycles. The van der Waals surface area contributed by atoms with Gasteiger partial charge in [0, 0.05) is 13.6 Å². The highest BCUT2D eigenvalue weighted by atomic mass is 15.2. The molecule has 0 aromatic heterocycles. The third-order valence-corrected chi connectivity index (χ3v) is 1.03. The zero-order valence-electron chi connectivity index (χ0n) is 5.63. The van der Waals surface area contributed by atoms with Gasteiger partial charge in [0.05, 0.1) is 0 Å². The van der Waals surface area contributed by atoms with Crippen molar-refractivity contribution in [3.05, 3.63) is 0 Å². The lowest BCUT2D eigenvalue weighted by Crippen LogP contribution is -2.33. The lowest BCUT2D eigenvalue weighted by Gasteiger charge is -2.12. The summed E-state index contributed by atoms with van der Waals surface area (Å²) in [7, 11) is 1.77. The number of nitrogens with zero attached hydrogens (tertiary/aromatic N) is 3. The molecule has 0 aromatic rings. The van der Waals surface area contributed by atoms with Crippen molar-refractivity contribution in [1.82, 2.24) is 4.90 Å². The summed E-state index contributed by atoms with van der Waals surface area (Å²) in [4.78, 5) is 5.00. The molecule has 2 N–H and O–H groups in total. The largest absolute Gasteiger partial charge is 0.369 e. The van der Waals surface area contributed by atoms with Crippen LogP contribution in [0.25, 0.3) is 0 Å². The standard InChI is InChI=1S/C5H10N4/c1-3-9(2)5(7)8-4-6/h3H2,1-2H3,(H2,7,8). The maximum absolute atomic E-state index is 8.04. The maximum Gasteiger partial charge on any atom is 0.209 e. The normalized spacial score (nSPS) is 10.6. The van der Waals surface area contributed by atoms with Gasteiger partial charge in [-0.3, -0.25) is 0 Å². The minimum Gasteiger partial charge on any atom is -0.369 e. The summed E-state index contributed by atoms with van der Waals surface area (Å²) in [6, 6.07) is 0. The van der Waals surface area contributed by atoms with Crippen LogP contribution in [0.5, 0.6) is 0 Å². The maximum atomic E-state index is 8.04. The van der Waals surface area contributed by atoms with Gasteiger partial charge in [0.15, 0.2) is 0 Å². The van der Waals surface area contributed by atoms with Crippen LogP contribution in [0.3, 0.4) is 0 Å². The van der Waals surface area contributed by atoms with Crippen LogP contribution in [0.4, 0.5) is 0 Å². The molecular weight excluding hydrogens is 116 g/mol. The van der Waals surface area contributed by atoms with Crippen molar-refractivity contribution in [2.24, 2.45) is 10.7 Å². The van der Waals surface area contributed by atoms with Gasteiger partial charge < -0.3 is 10.6 Å². The highest BCUT2D eigenvalue weighted by Crippen LogP contribution is 1.78. The van der Waals surface area contributed by atoms with E-state index in [9.17, 15) is 0 Å². The summed E-state index contributed by atoms with van der Waals surface area (Å²) >= 11 is 0. The summed E-state index contributed by atoms with van der Waals surface area (Å²) in [5.41, 5.74) is 5.29. The second kappa shape index (κ2) is 3.72. The Morgan fingerprint density at radius 1 is 1.89 bits per heavy atom. The Bertz CT molecular complexity index is 144. The quantitative estimate of drug-likeness (QED) is 0.299. The third-order valence-electron chi connectivity index (χ3n) is 1.03. The molecule has 4 nitrogen and oxygen atoms in total. The number of hydrogen-bond acceptors (Lipinski definition) is 2. The molecule has 0 spiro atoms. The predicted octanol–water partition coefficient (Wildman–Crippen LogP) is -0.266. The molecular formula is C5H10N4. The van der Waals surface area contributed by atoms with Crippen molar-refractivity contribution in [2.45, 2.75) is 6.92 Å². The average molecular weight is 126 g/mol. The summed E-state index contributed by atoms with van der Waals surface area (Å²) in [6.07, 6.45) is 1.60. The summed E-state index contributed by atoms with van der Waals surface area (Å²) in [6.45, 7) is 2.69. The molecule has 0 atom stereocenters. The topological polar surface area (TPSA) is 65.4 Å². The van der Waals surface area contributed by atoms with Crippen LogP contribution in [0.2, 0.25) is 0 Å². The Kier molecular flexibility index (Phi) is 3.21. The minimum atomic E-state index is 0.264. The summed E-state index contributed by atoms with van der Waals surface area (Å²) in [5.74, 6) is 0.264. The SMILES string of the molecule is CCN(C)/C(N)=N/C#N. The molecule has 0 aliphatic rings. The van der Waals surface area contributed by atoms with E-state index in [4.69, 9.17) is 11.0 Å². The first-order valence-corrected chi connectivity index (χ1v) is 2.65. The van der Waals surface area contributed by atoms with Crippen molar-refractivity contribution in [3.8, 4) is 6.19 Å². The number of aliphatic imine (C=N–C) groups is 1. The Balaban J connectivity index is 3.89. The Morgan fingerprint density at radius 3 is 2.78 bits per heavy atom. The molecule has 0 bridgehead atoms. The van der Waals surface area contributed by atoms with Crippen molar-refractivity contribution >= 4 is 5.96 Å². The Morgan fingerprint density at radius 2 is 2.44 bits per heavy atom. The fraction of sp³-hybridized carbons (Fsp3) is 0.600. The van der Waals surface area contributed by atoms with Gasteiger partial charge in [-0.15, -0.1) is 4.99 Å². The number of nitrogens with two attached hydrogens (primary N) is 1. The predicted molar refractivity (Wildman–Crippen MR) is 35.5 cm³/mol. The zero-order valence-corrected chi connectivity index (χ0v) is 5.63. The van der Waals surface area contributed by atoms with E-state index < -0.39 is 0 Å². The smallest absolute Gasteiger partial charge is 0.209 e. The van der Waals surface area contributed by atoms with Gasteiger partial charge in [0.2, 0.25) is 12.2 Å². The molecule has 0 aromatic carbocycles.